The number of carbonyl (C=O) groups is 1. The number of halogens is 1. The van der Waals surface area contributed by atoms with Crippen molar-refractivity contribution < 1.29 is 13.9 Å². The van der Waals surface area contributed by atoms with E-state index in [4.69, 9.17) is 10.5 Å². The van der Waals surface area contributed by atoms with Gasteiger partial charge >= 0.3 is 0 Å². The lowest BCUT2D eigenvalue weighted by Crippen LogP contribution is -2.38. The average Bonchev–Trinajstić information content (AvgIpc) is 2.84. The summed E-state index contributed by atoms with van der Waals surface area (Å²) in [4.78, 5) is 11.4. The molecule has 3 N–H and O–H groups in total. The van der Waals surface area contributed by atoms with Gasteiger partial charge in [0.2, 0.25) is 5.91 Å². The van der Waals surface area contributed by atoms with E-state index in [9.17, 15) is 9.18 Å². The number of primary amides is 1. The van der Waals surface area contributed by atoms with E-state index in [-0.39, 0.29) is 11.7 Å². The highest BCUT2D eigenvalue weighted by atomic mass is 19.1. The fraction of sp³-hybridized carbons (Fsp3) is 0.462. The third-order valence-electron chi connectivity index (χ3n) is 3.07. The van der Waals surface area contributed by atoms with Gasteiger partial charge < -0.3 is 10.5 Å². The van der Waals surface area contributed by atoms with Crippen LogP contribution in [-0.4, -0.2) is 25.2 Å². The second kappa shape index (κ2) is 5.93. The van der Waals surface area contributed by atoms with Crippen molar-refractivity contribution in [2.24, 2.45) is 5.73 Å². The van der Waals surface area contributed by atoms with E-state index >= 15 is 0 Å². The first kappa shape index (κ1) is 13.0. The van der Waals surface area contributed by atoms with Gasteiger partial charge in [0.05, 0.1) is 6.10 Å². The summed E-state index contributed by atoms with van der Waals surface area (Å²) in [6.45, 7) is 1.25. The Morgan fingerprint density at radius 1 is 1.56 bits per heavy atom. The van der Waals surface area contributed by atoms with Crippen molar-refractivity contribution in [2.45, 2.75) is 25.0 Å². The summed E-state index contributed by atoms with van der Waals surface area (Å²) in [5, 5.41) is 2.98. The minimum Gasteiger partial charge on any atom is -0.377 e. The van der Waals surface area contributed by atoms with Crippen LogP contribution in [0.5, 0.6) is 0 Å². The Balaban J connectivity index is 2.04. The SMILES string of the molecule is NC(=O)C(NCC1CCCO1)c1ccccc1F. The van der Waals surface area contributed by atoms with Gasteiger partial charge in [0.1, 0.15) is 11.9 Å². The van der Waals surface area contributed by atoms with Gasteiger partial charge in [-0.05, 0) is 18.9 Å². The lowest BCUT2D eigenvalue weighted by molar-refractivity contribution is -0.120. The molecular weight excluding hydrogens is 235 g/mol. The predicted octanol–water partition coefficient (Wildman–Crippen LogP) is 1.12. The van der Waals surface area contributed by atoms with Crippen LogP contribution in [-0.2, 0) is 9.53 Å². The molecule has 0 spiro atoms. The molecule has 18 heavy (non-hydrogen) atoms. The molecule has 0 aliphatic carbocycles. The van der Waals surface area contributed by atoms with Gasteiger partial charge in [0.15, 0.2) is 0 Å². The molecule has 2 unspecified atom stereocenters. The predicted molar refractivity (Wildman–Crippen MR) is 65.3 cm³/mol. The number of amides is 1. The summed E-state index contributed by atoms with van der Waals surface area (Å²) >= 11 is 0. The fourth-order valence-corrected chi connectivity index (χ4v) is 2.13. The van der Waals surface area contributed by atoms with Gasteiger partial charge in [0, 0.05) is 18.7 Å². The Kier molecular flexibility index (Phi) is 4.28. The fourth-order valence-electron chi connectivity index (χ4n) is 2.13. The molecule has 98 valence electrons. The molecule has 0 aromatic heterocycles. The van der Waals surface area contributed by atoms with E-state index < -0.39 is 17.8 Å². The molecule has 1 aromatic carbocycles. The molecule has 1 aliphatic rings. The van der Waals surface area contributed by atoms with Crippen LogP contribution in [0.2, 0.25) is 0 Å². The van der Waals surface area contributed by atoms with Crippen molar-refractivity contribution in [3.05, 3.63) is 35.6 Å². The van der Waals surface area contributed by atoms with Crippen LogP contribution in [0.1, 0.15) is 24.4 Å². The van der Waals surface area contributed by atoms with Gasteiger partial charge in [-0.2, -0.15) is 0 Å². The molecule has 0 bridgehead atoms. The van der Waals surface area contributed by atoms with Crippen molar-refractivity contribution in [3.63, 3.8) is 0 Å². The number of ether oxygens (including phenoxy) is 1. The Morgan fingerprint density at radius 3 is 2.94 bits per heavy atom. The van der Waals surface area contributed by atoms with Crippen LogP contribution in [0.15, 0.2) is 24.3 Å². The molecule has 1 amide bonds. The zero-order chi connectivity index (χ0) is 13.0. The lowest BCUT2D eigenvalue weighted by Gasteiger charge is -2.18. The lowest BCUT2D eigenvalue weighted by atomic mass is 10.1. The first-order valence-corrected chi connectivity index (χ1v) is 6.07. The minimum atomic E-state index is -0.810. The number of hydrogen-bond donors (Lipinski definition) is 2. The molecule has 2 rings (SSSR count). The van der Waals surface area contributed by atoms with Crippen molar-refractivity contribution in [1.29, 1.82) is 0 Å². The third kappa shape index (κ3) is 3.05. The second-order valence-electron chi connectivity index (χ2n) is 4.40. The first-order valence-electron chi connectivity index (χ1n) is 6.07. The van der Waals surface area contributed by atoms with Crippen molar-refractivity contribution >= 4 is 5.91 Å². The Labute approximate surface area is 105 Å². The standard InChI is InChI=1S/C13H17FN2O2/c14-11-6-2-1-5-10(11)12(13(15)17)16-8-9-4-3-7-18-9/h1-2,5-6,9,12,16H,3-4,7-8H2,(H2,15,17). The van der Waals surface area contributed by atoms with Crippen molar-refractivity contribution in [3.8, 4) is 0 Å². The molecule has 4 nitrogen and oxygen atoms in total. The first-order chi connectivity index (χ1) is 8.68. The molecule has 2 atom stereocenters. The Morgan fingerprint density at radius 2 is 2.33 bits per heavy atom. The van der Waals surface area contributed by atoms with E-state index in [1.807, 2.05) is 0 Å². The number of benzene rings is 1. The molecule has 0 radical (unpaired) electrons. The molecule has 1 fully saturated rings. The number of rotatable bonds is 5. The Bertz CT molecular complexity index is 419. The van der Waals surface area contributed by atoms with Crippen LogP contribution in [0.4, 0.5) is 4.39 Å². The average molecular weight is 252 g/mol. The quantitative estimate of drug-likeness (QED) is 0.825. The topological polar surface area (TPSA) is 64.4 Å². The van der Waals surface area contributed by atoms with E-state index in [2.05, 4.69) is 5.32 Å². The maximum Gasteiger partial charge on any atom is 0.239 e. The maximum atomic E-state index is 13.6. The number of carbonyl (C=O) groups excluding carboxylic acids is 1. The molecule has 1 saturated heterocycles. The molecule has 5 heteroatoms. The monoisotopic (exact) mass is 252 g/mol. The highest BCUT2D eigenvalue weighted by Gasteiger charge is 2.23. The third-order valence-corrected chi connectivity index (χ3v) is 3.07. The number of nitrogens with one attached hydrogen (secondary N) is 1. The molecule has 0 saturated carbocycles. The summed E-state index contributed by atoms with van der Waals surface area (Å²) in [5.74, 6) is -1.01. The summed E-state index contributed by atoms with van der Waals surface area (Å²) in [6.07, 6.45) is 2.06. The highest BCUT2D eigenvalue weighted by Crippen LogP contribution is 2.18. The van der Waals surface area contributed by atoms with Crippen LogP contribution >= 0.6 is 0 Å². The minimum absolute atomic E-state index is 0.0821. The zero-order valence-corrected chi connectivity index (χ0v) is 10.1. The van der Waals surface area contributed by atoms with E-state index in [0.29, 0.717) is 6.54 Å². The maximum absolute atomic E-state index is 13.6. The van der Waals surface area contributed by atoms with Gasteiger partial charge in [-0.15, -0.1) is 0 Å². The number of nitrogens with two attached hydrogens (primary N) is 1. The summed E-state index contributed by atoms with van der Waals surface area (Å²) in [5.41, 5.74) is 5.59. The van der Waals surface area contributed by atoms with Gasteiger partial charge in [-0.1, -0.05) is 18.2 Å². The van der Waals surface area contributed by atoms with Gasteiger partial charge in [0.25, 0.3) is 0 Å². The smallest absolute Gasteiger partial charge is 0.239 e. The van der Waals surface area contributed by atoms with Gasteiger partial charge in [-0.25, -0.2) is 4.39 Å². The second-order valence-corrected chi connectivity index (χ2v) is 4.40. The normalized spacial score (nSPS) is 20.8. The van der Waals surface area contributed by atoms with Crippen molar-refractivity contribution in [2.75, 3.05) is 13.2 Å². The molecule has 1 aliphatic heterocycles. The van der Waals surface area contributed by atoms with E-state index in [1.54, 1.807) is 18.2 Å². The summed E-state index contributed by atoms with van der Waals surface area (Å²) < 4.78 is 19.1. The van der Waals surface area contributed by atoms with Crippen LogP contribution in [0.25, 0.3) is 0 Å². The largest absolute Gasteiger partial charge is 0.377 e. The zero-order valence-electron chi connectivity index (χ0n) is 10.1. The number of hydrogen-bond acceptors (Lipinski definition) is 3. The molecule has 1 heterocycles. The van der Waals surface area contributed by atoms with Gasteiger partial charge in [-0.3, -0.25) is 10.1 Å². The summed E-state index contributed by atoms with van der Waals surface area (Å²) in [7, 11) is 0. The van der Waals surface area contributed by atoms with E-state index in [0.717, 1.165) is 19.4 Å². The molecular formula is C13H17FN2O2. The Hall–Kier alpha value is -1.46. The summed E-state index contributed by atoms with van der Waals surface area (Å²) in [6, 6.07) is 5.33. The molecule has 1 aromatic rings. The van der Waals surface area contributed by atoms with E-state index in [1.165, 1.54) is 6.07 Å². The van der Waals surface area contributed by atoms with Crippen LogP contribution in [0.3, 0.4) is 0 Å². The van der Waals surface area contributed by atoms with Crippen LogP contribution < -0.4 is 11.1 Å². The van der Waals surface area contributed by atoms with Crippen molar-refractivity contribution in [1.82, 2.24) is 5.32 Å². The highest BCUT2D eigenvalue weighted by molar-refractivity contribution is 5.81. The van der Waals surface area contributed by atoms with Crippen LogP contribution in [0, 0.1) is 5.82 Å².